The van der Waals surface area contributed by atoms with Crippen molar-refractivity contribution >= 4 is 22.5 Å². The highest BCUT2D eigenvalue weighted by Gasteiger charge is 2.72. The number of benzene rings is 2. The molecule has 0 saturated carbocycles. The van der Waals surface area contributed by atoms with Gasteiger partial charge in [0.25, 0.3) is 0 Å². The van der Waals surface area contributed by atoms with Crippen molar-refractivity contribution < 1.29 is 36.2 Å². The van der Waals surface area contributed by atoms with Crippen LogP contribution in [0.25, 0.3) is 10.8 Å². The standard InChI is InChI=1S/C17H16F6N2O2/c1-3-24-14(26)25(2)13-11-7-5-4-6-10(11)8-9-12(13)15(18,19)16(20,27)17(21,22)23/h4-9,27H,3H2,1-2H3,(H,24,26). The fraction of sp³-hybridized carbons (Fsp3) is 0.353. The number of alkyl halides is 6. The second-order valence-electron chi connectivity index (χ2n) is 5.77. The van der Waals surface area contributed by atoms with Crippen LogP contribution in [0.4, 0.5) is 36.8 Å². The average Bonchev–Trinajstić information content (AvgIpc) is 2.59. The molecular formula is C17H16F6N2O2. The minimum Gasteiger partial charge on any atom is -0.350 e. The Balaban J connectivity index is 2.81. The molecule has 2 aromatic carbocycles. The van der Waals surface area contributed by atoms with E-state index in [9.17, 15) is 31.1 Å². The van der Waals surface area contributed by atoms with Crippen molar-refractivity contribution in [2.24, 2.45) is 0 Å². The van der Waals surface area contributed by atoms with Gasteiger partial charge in [0.15, 0.2) is 0 Å². The lowest BCUT2D eigenvalue weighted by molar-refractivity contribution is -0.390. The fourth-order valence-corrected chi connectivity index (χ4v) is 2.60. The predicted octanol–water partition coefficient (Wildman–Crippen LogP) is 4.32. The molecule has 0 aromatic heterocycles. The van der Waals surface area contributed by atoms with Crippen LogP contribution >= 0.6 is 0 Å². The number of rotatable bonds is 4. The van der Waals surface area contributed by atoms with Crippen LogP contribution in [0.5, 0.6) is 0 Å². The maximum Gasteiger partial charge on any atom is 0.455 e. The summed E-state index contributed by atoms with van der Waals surface area (Å²) in [6.07, 6.45) is -6.26. The molecule has 0 aliphatic heterocycles. The first-order chi connectivity index (χ1) is 12.4. The molecule has 0 bridgehead atoms. The van der Waals surface area contributed by atoms with Crippen LogP contribution in [0.2, 0.25) is 0 Å². The Morgan fingerprint density at radius 1 is 1.07 bits per heavy atom. The van der Waals surface area contributed by atoms with Gasteiger partial charge in [-0.2, -0.15) is 26.3 Å². The minimum atomic E-state index is -6.26. The van der Waals surface area contributed by atoms with E-state index < -0.39 is 35.2 Å². The topological polar surface area (TPSA) is 52.6 Å². The summed E-state index contributed by atoms with van der Waals surface area (Å²) in [5.41, 5.74) is -2.12. The summed E-state index contributed by atoms with van der Waals surface area (Å²) in [6.45, 7) is 1.67. The van der Waals surface area contributed by atoms with Gasteiger partial charge in [-0.15, -0.1) is 0 Å². The third-order valence-corrected chi connectivity index (χ3v) is 4.00. The summed E-state index contributed by atoms with van der Waals surface area (Å²) in [6, 6.07) is 6.48. The van der Waals surface area contributed by atoms with Crippen molar-refractivity contribution in [3.05, 3.63) is 42.0 Å². The monoisotopic (exact) mass is 394 g/mol. The number of nitrogens with zero attached hydrogens (tertiary/aromatic N) is 1. The van der Waals surface area contributed by atoms with Crippen molar-refractivity contribution in [1.29, 1.82) is 0 Å². The maximum atomic E-state index is 14.5. The number of halogens is 6. The van der Waals surface area contributed by atoms with Gasteiger partial charge < -0.3 is 10.4 Å². The van der Waals surface area contributed by atoms with Crippen LogP contribution in [0.1, 0.15) is 12.5 Å². The lowest BCUT2D eigenvalue weighted by Gasteiger charge is -2.33. The quantitative estimate of drug-likeness (QED) is 0.759. The maximum absolute atomic E-state index is 14.5. The van der Waals surface area contributed by atoms with Crippen molar-refractivity contribution in [3.8, 4) is 0 Å². The summed E-state index contributed by atoms with van der Waals surface area (Å²) in [5.74, 6) is -11.2. The van der Waals surface area contributed by atoms with E-state index in [1.165, 1.54) is 18.2 Å². The Morgan fingerprint density at radius 2 is 1.67 bits per heavy atom. The van der Waals surface area contributed by atoms with Gasteiger partial charge in [0.05, 0.1) is 11.3 Å². The number of nitrogens with one attached hydrogen (secondary N) is 1. The van der Waals surface area contributed by atoms with Gasteiger partial charge in [-0.05, 0) is 12.3 Å². The van der Waals surface area contributed by atoms with E-state index in [4.69, 9.17) is 5.11 Å². The van der Waals surface area contributed by atoms with E-state index >= 15 is 0 Å². The Hall–Kier alpha value is -2.49. The first-order valence-electron chi connectivity index (χ1n) is 7.75. The summed E-state index contributed by atoms with van der Waals surface area (Å²) in [7, 11) is 1.05. The lowest BCUT2D eigenvalue weighted by atomic mass is 9.94. The molecule has 148 valence electrons. The van der Waals surface area contributed by atoms with E-state index in [0.29, 0.717) is 16.4 Å². The Bertz CT molecular complexity index is 851. The summed E-state index contributed by atoms with van der Waals surface area (Å²) in [4.78, 5) is 12.8. The number of anilines is 1. The van der Waals surface area contributed by atoms with E-state index in [0.717, 1.165) is 13.1 Å². The van der Waals surface area contributed by atoms with E-state index in [-0.39, 0.29) is 11.9 Å². The van der Waals surface area contributed by atoms with Crippen LogP contribution in [0.3, 0.4) is 0 Å². The summed E-state index contributed by atoms with van der Waals surface area (Å²) < 4.78 is 81.1. The van der Waals surface area contributed by atoms with Gasteiger partial charge in [0, 0.05) is 19.0 Å². The highest BCUT2D eigenvalue weighted by Crippen LogP contribution is 2.52. The van der Waals surface area contributed by atoms with Crippen LogP contribution in [0, 0.1) is 0 Å². The molecule has 2 N–H and O–H groups in total. The van der Waals surface area contributed by atoms with E-state index in [1.807, 2.05) is 0 Å². The molecule has 0 saturated heterocycles. The largest absolute Gasteiger partial charge is 0.455 e. The minimum absolute atomic E-state index is 0.0126. The van der Waals surface area contributed by atoms with Crippen LogP contribution in [-0.2, 0) is 5.92 Å². The first-order valence-corrected chi connectivity index (χ1v) is 7.75. The number of aliphatic hydroxyl groups is 1. The van der Waals surface area contributed by atoms with Gasteiger partial charge in [-0.25, -0.2) is 4.79 Å². The molecule has 2 aromatic rings. The van der Waals surface area contributed by atoms with Gasteiger partial charge in [0.2, 0.25) is 0 Å². The molecule has 10 heteroatoms. The number of carbonyl (C=O) groups is 1. The van der Waals surface area contributed by atoms with Crippen LogP contribution < -0.4 is 10.2 Å². The zero-order chi connectivity index (χ0) is 20.6. The fourth-order valence-electron chi connectivity index (χ4n) is 2.60. The summed E-state index contributed by atoms with van der Waals surface area (Å²) in [5, 5.41) is 11.6. The zero-order valence-corrected chi connectivity index (χ0v) is 14.2. The highest BCUT2D eigenvalue weighted by atomic mass is 19.4. The molecule has 0 radical (unpaired) electrons. The first kappa shape index (κ1) is 20.8. The SMILES string of the molecule is CCNC(=O)N(C)c1c(C(F)(F)C(O)(F)C(F)(F)F)ccc2ccccc12. The number of hydrogen-bond acceptors (Lipinski definition) is 2. The number of hydrogen-bond donors (Lipinski definition) is 2. The third-order valence-electron chi connectivity index (χ3n) is 4.00. The molecule has 27 heavy (non-hydrogen) atoms. The van der Waals surface area contributed by atoms with Crippen molar-refractivity contribution in [3.63, 3.8) is 0 Å². The molecule has 0 heterocycles. The molecule has 2 rings (SSSR count). The van der Waals surface area contributed by atoms with Crippen molar-refractivity contribution in [2.45, 2.75) is 24.9 Å². The molecule has 0 aliphatic rings. The number of amides is 2. The van der Waals surface area contributed by atoms with Crippen LogP contribution in [-0.4, -0.2) is 36.8 Å². The van der Waals surface area contributed by atoms with Crippen molar-refractivity contribution in [2.75, 3.05) is 18.5 Å². The average molecular weight is 394 g/mol. The normalized spacial score (nSPS) is 14.7. The Morgan fingerprint density at radius 3 is 2.22 bits per heavy atom. The molecule has 1 atom stereocenters. The Labute approximate surface area is 150 Å². The molecular weight excluding hydrogens is 378 g/mol. The predicted molar refractivity (Wildman–Crippen MR) is 87.4 cm³/mol. The molecule has 1 unspecified atom stereocenters. The molecule has 2 amide bonds. The number of fused-ring (bicyclic) bond motifs is 1. The van der Waals surface area contributed by atoms with Gasteiger partial charge >= 0.3 is 24.0 Å². The third kappa shape index (κ3) is 3.41. The van der Waals surface area contributed by atoms with Crippen LogP contribution in [0.15, 0.2) is 36.4 Å². The molecule has 0 fully saturated rings. The van der Waals surface area contributed by atoms with E-state index in [1.54, 1.807) is 13.0 Å². The lowest BCUT2D eigenvalue weighted by Crippen LogP contribution is -2.54. The van der Waals surface area contributed by atoms with Crippen molar-refractivity contribution in [1.82, 2.24) is 5.32 Å². The summed E-state index contributed by atoms with van der Waals surface area (Å²) >= 11 is 0. The van der Waals surface area contributed by atoms with Gasteiger partial charge in [0.1, 0.15) is 0 Å². The second kappa shape index (κ2) is 6.91. The second-order valence-corrected chi connectivity index (χ2v) is 5.77. The van der Waals surface area contributed by atoms with Gasteiger partial charge in [-0.1, -0.05) is 36.4 Å². The number of urea groups is 1. The highest BCUT2D eigenvalue weighted by molar-refractivity contribution is 6.04. The zero-order valence-electron chi connectivity index (χ0n) is 14.2. The smallest absolute Gasteiger partial charge is 0.350 e. The molecule has 4 nitrogen and oxygen atoms in total. The van der Waals surface area contributed by atoms with E-state index in [2.05, 4.69) is 5.32 Å². The molecule has 0 aliphatic carbocycles. The Kier molecular flexibility index (Phi) is 5.33. The number of carbonyl (C=O) groups excluding carboxylic acids is 1. The van der Waals surface area contributed by atoms with Gasteiger partial charge in [-0.3, -0.25) is 4.90 Å². The molecule has 0 spiro atoms.